The van der Waals surface area contributed by atoms with Gasteiger partial charge in [0.25, 0.3) is 5.91 Å². The molecule has 0 radical (unpaired) electrons. The van der Waals surface area contributed by atoms with Crippen molar-refractivity contribution in [3.63, 3.8) is 0 Å². The molecular formula is C20H19BrN2O. The van der Waals surface area contributed by atoms with Gasteiger partial charge in [-0.3, -0.25) is 4.79 Å². The molecule has 0 spiro atoms. The van der Waals surface area contributed by atoms with Gasteiger partial charge in [0.05, 0.1) is 6.04 Å². The molecule has 122 valence electrons. The standard InChI is InChI=1S/C20H19BrN2O/c21-16-10-8-14(9-11-16)20(24)23-12-4-3-7-19(23)18-13-15-5-1-2-6-17(15)22-18/h1-2,5-6,8-11,13,19,22H,3-4,7,12H2. The Morgan fingerprint density at radius 2 is 1.88 bits per heavy atom. The molecule has 1 fully saturated rings. The van der Waals surface area contributed by atoms with Crippen molar-refractivity contribution in [1.29, 1.82) is 0 Å². The number of carbonyl (C=O) groups is 1. The maximum absolute atomic E-state index is 13.0. The Morgan fingerprint density at radius 3 is 2.67 bits per heavy atom. The van der Waals surface area contributed by atoms with Gasteiger partial charge in [-0.15, -0.1) is 0 Å². The fourth-order valence-electron chi connectivity index (χ4n) is 3.53. The summed E-state index contributed by atoms with van der Waals surface area (Å²) in [7, 11) is 0. The molecule has 1 atom stereocenters. The lowest BCUT2D eigenvalue weighted by Gasteiger charge is -2.35. The first-order chi connectivity index (χ1) is 11.7. The number of amides is 1. The number of hydrogen-bond donors (Lipinski definition) is 1. The number of piperidine rings is 1. The lowest BCUT2D eigenvalue weighted by atomic mass is 9.98. The van der Waals surface area contributed by atoms with Crippen LogP contribution in [0.15, 0.2) is 59.1 Å². The predicted molar refractivity (Wildman–Crippen MR) is 100 cm³/mol. The monoisotopic (exact) mass is 382 g/mol. The lowest BCUT2D eigenvalue weighted by Crippen LogP contribution is -2.38. The zero-order valence-electron chi connectivity index (χ0n) is 13.3. The number of rotatable bonds is 2. The third-order valence-corrected chi connectivity index (χ3v) is 5.29. The first kappa shape index (κ1) is 15.5. The third-order valence-electron chi connectivity index (χ3n) is 4.76. The van der Waals surface area contributed by atoms with E-state index in [4.69, 9.17) is 0 Å². The summed E-state index contributed by atoms with van der Waals surface area (Å²) in [6, 6.07) is 18.2. The molecule has 0 saturated carbocycles. The van der Waals surface area contributed by atoms with Gasteiger partial charge in [-0.05, 0) is 61.0 Å². The number of halogens is 1. The first-order valence-corrected chi connectivity index (χ1v) is 9.16. The van der Waals surface area contributed by atoms with Gasteiger partial charge >= 0.3 is 0 Å². The maximum Gasteiger partial charge on any atom is 0.254 e. The molecule has 2 heterocycles. The number of aromatic nitrogens is 1. The topological polar surface area (TPSA) is 36.1 Å². The Kier molecular flexibility index (Phi) is 4.15. The number of likely N-dealkylation sites (tertiary alicyclic amines) is 1. The Labute approximate surface area is 149 Å². The van der Waals surface area contributed by atoms with E-state index in [9.17, 15) is 4.79 Å². The van der Waals surface area contributed by atoms with Gasteiger partial charge in [0, 0.05) is 27.8 Å². The minimum Gasteiger partial charge on any atom is -0.357 e. The van der Waals surface area contributed by atoms with Crippen LogP contribution >= 0.6 is 15.9 Å². The molecule has 1 aliphatic rings. The molecule has 3 nitrogen and oxygen atoms in total. The molecule has 0 aliphatic carbocycles. The van der Waals surface area contributed by atoms with Gasteiger partial charge in [0.15, 0.2) is 0 Å². The molecule has 2 aromatic carbocycles. The van der Waals surface area contributed by atoms with Crippen molar-refractivity contribution in [2.75, 3.05) is 6.54 Å². The number of fused-ring (bicyclic) bond motifs is 1. The van der Waals surface area contributed by atoms with Crippen LogP contribution in [0, 0.1) is 0 Å². The summed E-state index contributed by atoms with van der Waals surface area (Å²) in [5.74, 6) is 0.117. The number of nitrogens with one attached hydrogen (secondary N) is 1. The second-order valence-corrected chi connectivity index (χ2v) is 7.24. The van der Waals surface area contributed by atoms with E-state index in [2.05, 4.69) is 39.1 Å². The number of aromatic amines is 1. The minimum atomic E-state index is 0.117. The van der Waals surface area contributed by atoms with Gasteiger partial charge in [-0.2, -0.15) is 0 Å². The third kappa shape index (κ3) is 2.86. The van der Waals surface area contributed by atoms with Crippen molar-refractivity contribution < 1.29 is 4.79 Å². The van der Waals surface area contributed by atoms with Crippen molar-refractivity contribution in [3.05, 3.63) is 70.3 Å². The highest BCUT2D eigenvalue weighted by atomic mass is 79.9. The second kappa shape index (κ2) is 6.44. The number of hydrogen-bond acceptors (Lipinski definition) is 1. The van der Waals surface area contributed by atoms with E-state index in [1.165, 1.54) is 5.39 Å². The molecule has 1 saturated heterocycles. The summed E-state index contributed by atoms with van der Waals surface area (Å²) in [4.78, 5) is 18.5. The number of para-hydroxylation sites is 1. The second-order valence-electron chi connectivity index (χ2n) is 6.33. The lowest BCUT2D eigenvalue weighted by molar-refractivity contribution is 0.0607. The number of carbonyl (C=O) groups excluding carboxylic acids is 1. The smallest absolute Gasteiger partial charge is 0.254 e. The number of nitrogens with zero attached hydrogens (tertiary/aromatic N) is 1. The van der Waals surface area contributed by atoms with Crippen molar-refractivity contribution >= 4 is 32.7 Å². The van der Waals surface area contributed by atoms with Gasteiger partial charge in [0.1, 0.15) is 0 Å². The maximum atomic E-state index is 13.0. The van der Waals surface area contributed by atoms with Gasteiger partial charge in [0.2, 0.25) is 0 Å². The molecule has 1 aromatic heterocycles. The summed E-state index contributed by atoms with van der Waals surface area (Å²) >= 11 is 3.43. The number of benzene rings is 2. The molecule has 0 bridgehead atoms. The molecule has 1 N–H and O–H groups in total. The molecule has 4 heteroatoms. The van der Waals surface area contributed by atoms with Crippen LogP contribution in [0.4, 0.5) is 0 Å². The van der Waals surface area contributed by atoms with Crippen LogP contribution in [0.2, 0.25) is 0 Å². The van der Waals surface area contributed by atoms with Crippen LogP contribution in [0.5, 0.6) is 0 Å². The molecule has 1 amide bonds. The zero-order valence-corrected chi connectivity index (χ0v) is 14.9. The average molecular weight is 383 g/mol. The van der Waals surface area contributed by atoms with Gasteiger partial charge < -0.3 is 9.88 Å². The molecule has 3 aromatic rings. The van der Waals surface area contributed by atoms with Crippen LogP contribution in [-0.2, 0) is 0 Å². The van der Waals surface area contributed by atoms with Gasteiger partial charge in [-0.1, -0.05) is 34.1 Å². The van der Waals surface area contributed by atoms with Crippen LogP contribution in [0.1, 0.15) is 41.4 Å². The average Bonchev–Trinajstić information content (AvgIpc) is 3.06. The van der Waals surface area contributed by atoms with E-state index in [0.29, 0.717) is 0 Å². The summed E-state index contributed by atoms with van der Waals surface area (Å²) in [5.41, 5.74) is 3.02. The SMILES string of the molecule is O=C(c1ccc(Br)cc1)N1CCCCC1c1cc2ccccc2[nH]1. The summed E-state index contributed by atoms with van der Waals surface area (Å²) in [6.45, 7) is 0.814. The first-order valence-electron chi connectivity index (χ1n) is 8.36. The highest BCUT2D eigenvalue weighted by Crippen LogP contribution is 2.33. The van der Waals surface area contributed by atoms with Crippen molar-refractivity contribution in [3.8, 4) is 0 Å². The van der Waals surface area contributed by atoms with E-state index >= 15 is 0 Å². The highest BCUT2D eigenvalue weighted by molar-refractivity contribution is 9.10. The highest BCUT2D eigenvalue weighted by Gasteiger charge is 2.29. The van der Waals surface area contributed by atoms with Crippen LogP contribution in [0.25, 0.3) is 10.9 Å². The van der Waals surface area contributed by atoms with Crippen LogP contribution in [0.3, 0.4) is 0 Å². The Balaban J connectivity index is 1.67. The van der Waals surface area contributed by atoms with E-state index in [1.807, 2.05) is 41.3 Å². The molecule has 4 rings (SSSR count). The van der Waals surface area contributed by atoms with E-state index in [0.717, 1.165) is 47.1 Å². The molecule has 1 unspecified atom stereocenters. The van der Waals surface area contributed by atoms with Crippen molar-refractivity contribution in [2.45, 2.75) is 25.3 Å². The fraction of sp³-hybridized carbons (Fsp3) is 0.250. The van der Waals surface area contributed by atoms with Crippen molar-refractivity contribution in [1.82, 2.24) is 9.88 Å². The fourth-order valence-corrected chi connectivity index (χ4v) is 3.80. The molecule has 1 aliphatic heterocycles. The normalized spacial score (nSPS) is 18.0. The zero-order chi connectivity index (χ0) is 16.5. The Bertz CT molecular complexity index is 836. The predicted octanol–water partition coefficient (Wildman–Crippen LogP) is 5.30. The van der Waals surface area contributed by atoms with Crippen LogP contribution in [-0.4, -0.2) is 22.3 Å². The van der Waals surface area contributed by atoms with Gasteiger partial charge in [-0.25, -0.2) is 0 Å². The quantitative estimate of drug-likeness (QED) is 0.641. The minimum absolute atomic E-state index is 0.117. The molecular weight excluding hydrogens is 364 g/mol. The summed E-state index contributed by atoms with van der Waals surface area (Å²) < 4.78 is 0.991. The Morgan fingerprint density at radius 1 is 1.08 bits per heavy atom. The number of H-pyrrole nitrogens is 1. The largest absolute Gasteiger partial charge is 0.357 e. The Hall–Kier alpha value is -2.07. The summed E-state index contributed by atoms with van der Waals surface area (Å²) in [6.07, 6.45) is 3.23. The van der Waals surface area contributed by atoms with E-state index in [1.54, 1.807) is 0 Å². The van der Waals surface area contributed by atoms with E-state index in [-0.39, 0.29) is 11.9 Å². The van der Waals surface area contributed by atoms with E-state index < -0.39 is 0 Å². The van der Waals surface area contributed by atoms with Crippen molar-refractivity contribution in [2.24, 2.45) is 0 Å². The summed E-state index contributed by atoms with van der Waals surface area (Å²) in [5, 5.41) is 1.20. The van der Waals surface area contributed by atoms with Crippen LogP contribution < -0.4 is 0 Å². The molecule has 24 heavy (non-hydrogen) atoms.